The number of nitrogens with one attached hydrogen (secondary N) is 1. The van der Waals surface area contributed by atoms with Crippen LogP contribution in [0.5, 0.6) is 5.75 Å². The van der Waals surface area contributed by atoms with Crippen molar-refractivity contribution in [2.75, 3.05) is 5.32 Å². The molecular weight excluding hydrogens is 428 g/mol. The van der Waals surface area contributed by atoms with E-state index in [1.165, 1.54) is 47.0 Å². The number of anilines is 2. The zero-order chi connectivity index (χ0) is 22.9. The molecule has 0 spiro atoms. The van der Waals surface area contributed by atoms with Crippen molar-refractivity contribution in [1.82, 2.24) is 14.3 Å². The molecule has 0 fully saturated rings. The monoisotopic (exact) mass is 444 g/mol. The average molecular weight is 444 g/mol. The predicted octanol–water partition coefficient (Wildman–Crippen LogP) is 5.02. The number of alkyl halides is 3. The normalized spacial score (nSPS) is 11.4. The van der Waals surface area contributed by atoms with E-state index in [2.05, 4.69) is 15.2 Å². The molecule has 0 radical (unpaired) electrons. The van der Waals surface area contributed by atoms with Crippen molar-refractivity contribution in [1.29, 1.82) is 0 Å². The molecule has 4 rings (SSSR count). The molecule has 6 nitrogen and oxygen atoms in total. The largest absolute Gasteiger partial charge is 0.573 e. The predicted molar refractivity (Wildman–Crippen MR) is 111 cm³/mol. The fourth-order valence-corrected chi connectivity index (χ4v) is 3.13. The maximum Gasteiger partial charge on any atom is 0.573 e. The number of ether oxygens (including phenoxy) is 1. The second-order valence-corrected chi connectivity index (χ2v) is 6.89. The quantitative estimate of drug-likeness (QED) is 0.439. The van der Waals surface area contributed by atoms with Gasteiger partial charge in [-0.15, -0.1) is 13.2 Å². The third kappa shape index (κ3) is 4.80. The Morgan fingerprint density at radius 2 is 1.69 bits per heavy atom. The van der Waals surface area contributed by atoms with Crippen LogP contribution >= 0.6 is 0 Å². The molecule has 0 amide bonds. The molecule has 0 atom stereocenters. The number of aryl methyl sites for hydroxylation is 1. The van der Waals surface area contributed by atoms with Gasteiger partial charge < -0.3 is 10.1 Å². The van der Waals surface area contributed by atoms with Gasteiger partial charge in [-0.05, 0) is 48.5 Å². The Kier molecular flexibility index (Phi) is 5.43. The minimum atomic E-state index is -4.81. The van der Waals surface area contributed by atoms with E-state index in [0.717, 1.165) is 12.1 Å². The first-order valence-electron chi connectivity index (χ1n) is 9.32. The Balaban J connectivity index is 1.76. The van der Waals surface area contributed by atoms with Gasteiger partial charge in [0.05, 0.1) is 11.9 Å². The van der Waals surface area contributed by atoms with E-state index < -0.39 is 23.5 Å². The molecule has 10 heteroatoms. The average Bonchev–Trinajstić information content (AvgIpc) is 3.15. The maximum atomic E-state index is 13.2. The van der Waals surface area contributed by atoms with Crippen molar-refractivity contribution < 1.29 is 22.3 Å². The number of pyridine rings is 1. The van der Waals surface area contributed by atoms with E-state index in [1.54, 1.807) is 30.3 Å². The summed E-state index contributed by atoms with van der Waals surface area (Å²) >= 11 is 0. The van der Waals surface area contributed by atoms with Crippen molar-refractivity contribution >= 4 is 11.4 Å². The lowest BCUT2D eigenvalue weighted by Crippen LogP contribution is -2.19. The highest BCUT2D eigenvalue weighted by Crippen LogP contribution is 2.30. The first kappa shape index (κ1) is 21.2. The van der Waals surface area contributed by atoms with Crippen LogP contribution in [-0.2, 0) is 7.05 Å². The Bertz CT molecular complexity index is 1290. The topological polar surface area (TPSA) is 61.1 Å². The lowest BCUT2D eigenvalue weighted by atomic mass is 10.1. The van der Waals surface area contributed by atoms with Crippen LogP contribution in [0.25, 0.3) is 16.8 Å². The fraction of sp³-hybridized carbons (Fsp3) is 0.0909. The maximum absolute atomic E-state index is 13.2. The van der Waals surface area contributed by atoms with Crippen molar-refractivity contribution in [3.8, 4) is 22.6 Å². The van der Waals surface area contributed by atoms with Gasteiger partial charge in [0.2, 0.25) is 0 Å². The highest BCUT2D eigenvalue weighted by molar-refractivity contribution is 5.80. The van der Waals surface area contributed by atoms with Crippen molar-refractivity contribution in [2.45, 2.75) is 6.36 Å². The molecule has 4 aromatic rings. The number of halogens is 4. The summed E-state index contributed by atoms with van der Waals surface area (Å²) in [5.74, 6) is -0.784. The van der Waals surface area contributed by atoms with Gasteiger partial charge in [0.1, 0.15) is 11.6 Å². The van der Waals surface area contributed by atoms with Crippen LogP contribution in [0.1, 0.15) is 0 Å². The molecule has 1 N–H and O–H groups in total. The van der Waals surface area contributed by atoms with Gasteiger partial charge in [0.25, 0.3) is 5.56 Å². The lowest BCUT2D eigenvalue weighted by Gasteiger charge is -2.15. The van der Waals surface area contributed by atoms with Crippen molar-refractivity contribution in [3.63, 3.8) is 0 Å². The molecule has 0 aliphatic carbocycles. The van der Waals surface area contributed by atoms with Gasteiger partial charge in [-0.3, -0.25) is 14.0 Å². The second-order valence-electron chi connectivity index (χ2n) is 6.89. The lowest BCUT2D eigenvalue weighted by molar-refractivity contribution is -0.274. The van der Waals surface area contributed by atoms with Crippen LogP contribution in [0.4, 0.5) is 28.9 Å². The van der Waals surface area contributed by atoms with E-state index >= 15 is 0 Å². The number of rotatable bonds is 5. The third-order valence-corrected chi connectivity index (χ3v) is 4.54. The van der Waals surface area contributed by atoms with Gasteiger partial charge in [-0.25, -0.2) is 4.39 Å². The zero-order valence-corrected chi connectivity index (χ0v) is 16.6. The van der Waals surface area contributed by atoms with Gasteiger partial charge in [-0.2, -0.15) is 5.10 Å². The van der Waals surface area contributed by atoms with Crippen LogP contribution in [0.3, 0.4) is 0 Å². The molecule has 0 saturated carbocycles. The van der Waals surface area contributed by atoms with Gasteiger partial charge in [0, 0.05) is 48.0 Å². The molecule has 0 aliphatic heterocycles. The number of nitrogens with zero attached hydrogens (tertiary/aromatic N) is 3. The summed E-state index contributed by atoms with van der Waals surface area (Å²) in [6, 6.07) is 12.0. The highest BCUT2D eigenvalue weighted by Gasteiger charge is 2.31. The van der Waals surface area contributed by atoms with E-state index in [4.69, 9.17) is 0 Å². The van der Waals surface area contributed by atoms with Crippen molar-refractivity contribution in [3.05, 3.63) is 89.4 Å². The minimum Gasteiger partial charge on any atom is -0.406 e. The SMILES string of the molecule is Cn1cc(-c2cn(-c3ccc(OC(F)(F)F)cc3)c(=O)cc2Nc2ccc(F)cc2)cn1. The van der Waals surface area contributed by atoms with E-state index in [9.17, 15) is 22.4 Å². The molecule has 0 unspecified atom stereocenters. The standard InChI is InChI=1S/C22H16F4N4O2/c1-29-12-14(11-27-29)19-13-30(17-6-8-18(9-7-17)32-22(24,25)26)21(31)10-20(19)28-16-4-2-15(23)3-5-16/h2-13,28H,1H3. The van der Waals surface area contributed by atoms with Crippen molar-refractivity contribution in [2.24, 2.45) is 7.05 Å². The molecule has 32 heavy (non-hydrogen) atoms. The summed E-state index contributed by atoms with van der Waals surface area (Å²) < 4.78 is 57.2. The molecule has 0 saturated heterocycles. The third-order valence-electron chi connectivity index (χ3n) is 4.54. The smallest absolute Gasteiger partial charge is 0.406 e. The van der Waals surface area contributed by atoms with Gasteiger partial charge in [-0.1, -0.05) is 0 Å². The molecular formula is C22H16F4N4O2. The minimum absolute atomic E-state index is 0.350. The van der Waals surface area contributed by atoms with E-state index in [0.29, 0.717) is 28.2 Å². The summed E-state index contributed by atoms with van der Waals surface area (Å²) in [5.41, 5.74) is 2.26. The van der Waals surface area contributed by atoms with E-state index in [1.807, 2.05) is 0 Å². The number of hydrogen-bond acceptors (Lipinski definition) is 4. The summed E-state index contributed by atoms with van der Waals surface area (Å²) in [5, 5.41) is 7.25. The molecule has 164 valence electrons. The van der Waals surface area contributed by atoms with Crippen LogP contribution in [0, 0.1) is 5.82 Å². The Labute approximate surface area is 179 Å². The van der Waals surface area contributed by atoms with Crippen LogP contribution in [-0.4, -0.2) is 20.7 Å². The molecule has 2 heterocycles. The molecule has 0 aliphatic rings. The Hall–Kier alpha value is -4.08. The van der Waals surface area contributed by atoms with Gasteiger partial charge >= 0.3 is 6.36 Å². The summed E-state index contributed by atoms with van der Waals surface area (Å²) in [7, 11) is 1.74. The Morgan fingerprint density at radius 3 is 2.28 bits per heavy atom. The van der Waals surface area contributed by atoms with E-state index in [-0.39, 0.29) is 0 Å². The zero-order valence-electron chi connectivity index (χ0n) is 16.6. The number of hydrogen-bond donors (Lipinski definition) is 1. The Morgan fingerprint density at radius 1 is 1.00 bits per heavy atom. The number of benzene rings is 2. The van der Waals surface area contributed by atoms with Gasteiger partial charge in [0.15, 0.2) is 0 Å². The second kappa shape index (κ2) is 8.22. The summed E-state index contributed by atoms with van der Waals surface area (Å²) in [6.07, 6.45) is 0.116. The molecule has 0 bridgehead atoms. The first-order valence-corrected chi connectivity index (χ1v) is 9.32. The van der Waals surface area contributed by atoms with Crippen LogP contribution in [0.2, 0.25) is 0 Å². The summed E-state index contributed by atoms with van der Waals surface area (Å²) in [6.45, 7) is 0. The molecule has 2 aromatic carbocycles. The van der Waals surface area contributed by atoms with Crippen LogP contribution < -0.4 is 15.6 Å². The summed E-state index contributed by atoms with van der Waals surface area (Å²) in [4.78, 5) is 12.8. The molecule has 2 aromatic heterocycles. The fourth-order valence-electron chi connectivity index (χ4n) is 3.13. The first-order chi connectivity index (χ1) is 15.2. The highest BCUT2D eigenvalue weighted by atomic mass is 19.4. The van der Waals surface area contributed by atoms with Crippen LogP contribution in [0.15, 0.2) is 78.0 Å². The number of aromatic nitrogens is 3.